The van der Waals surface area contributed by atoms with Crippen LogP contribution in [0.25, 0.3) is 5.52 Å². The molecule has 0 aliphatic carbocycles. The molecule has 134 valence electrons. The van der Waals surface area contributed by atoms with Gasteiger partial charge < -0.3 is 20.4 Å². The molecule has 3 rings (SSSR count). The second-order valence-electron chi connectivity index (χ2n) is 5.88. The molecule has 0 saturated carbocycles. The Balaban J connectivity index is 1.65. The van der Waals surface area contributed by atoms with Gasteiger partial charge in [0.15, 0.2) is 0 Å². The Morgan fingerprint density at radius 2 is 1.85 bits per heavy atom. The highest BCUT2D eigenvalue weighted by atomic mass is 16.2. The molecule has 0 spiro atoms. The highest BCUT2D eigenvalue weighted by molar-refractivity contribution is 6.05. The molecule has 0 atom stereocenters. The quantitative estimate of drug-likeness (QED) is 0.660. The first-order valence-electron chi connectivity index (χ1n) is 8.42. The number of aryl methyl sites for hydroxylation is 1. The van der Waals surface area contributed by atoms with Gasteiger partial charge in [-0.15, -0.1) is 0 Å². The molecule has 3 amide bonds. The molecular formula is C19H21N5O2. The van der Waals surface area contributed by atoms with Crippen LogP contribution in [-0.2, 0) is 6.54 Å². The largest absolute Gasteiger partial charge is 0.338 e. The number of hydrogen-bond donors (Lipinski definition) is 3. The predicted molar refractivity (Wildman–Crippen MR) is 100 cm³/mol. The van der Waals surface area contributed by atoms with E-state index in [-0.39, 0.29) is 11.9 Å². The zero-order chi connectivity index (χ0) is 18.5. The molecular weight excluding hydrogens is 330 g/mol. The summed E-state index contributed by atoms with van der Waals surface area (Å²) in [5.41, 5.74) is 4.02. The number of hydrogen-bond acceptors (Lipinski definition) is 3. The molecule has 3 aromatic rings. The van der Waals surface area contributed by atoms with Gasteiger partial charge in [0.1, 0.15) is 0 Å². The summed E-state index contributed by atoms with van der Waals surface area (Å²) in [6, 6.07) is 10.8. The SMILES string of the molecule is CCNC(=O)NCc1ccc(NC(=O)c2ccc3cncn3c2C)cc1. The molecule has 0 unspecified atom stereocenters. The maximum absolute atomic E-state index is 12.6. The van der Waals surface area contributed by atoms with E-state index in [0.717, 1.165) is 16.8 Å². The van der Waals surface area contributed by atoms with Gasteiger partial charge in [0, 0.05) is 24.5 Å². The van der Waals surface area contributed by atoms with E-state index in [1.807, 2.05) is 48.6 Å². The molecule has 7 heteroatoms. The summed E-state index contributed by atoms with van der Waals surface area (Å²) >= 11 is 0. The monoisotopic (exact) mass is 351 g/mol. The van der Waals surface area contributed by atoms with Crippen molar-refractivity contribution in [1.82, 2.24) is 20.0 Å². The van der Waals surface area contributed by atoms with Crippen LogP contribution in [0, 0.1) is 6.92 Å². The second-order valence-corrected chi connectivity index (χ2v) is 5.88. The van der Waals surface area contributed by atoms with Gasteiger partial charge in [-0.2, -0.15) is 0 Å². The lowest BCUT2D eigenvalue weighted by atomic mass is 10.1. The Hall–Kier alpha value is -3.35. The Labute approximate surface area is 151 Å². The number of fused-ring (bicyclic) bond motifs is 1. The van der Waals surface area contributed by atoms with Crippen LogP contribution in [0.3, 0.4) is 0 Å². The molecule has 26 heavy (non-hydrogen) atoms. The third-order valence-electron chi connectivity index (χ3n) is 4.09. The lowest BCUT2D eigenvalue weighted by Crippen LogP contribution is -2.34. The van der Waals surface area contributed by atoms with Crippen LogP contribution in [0.5, 0.6) is 0 Å². The third kappa shape index (κ3) is 3.83. The molecule has 3 N–H and O–H groups in total. The molecule has 0 aliphatic heterocycles. The predicted octanol–water partition coefficient (Wildman–Crippen LogP) is 2.71. The zero-order valence-corrected chi connectivity index (χ0v) is 14.7. The smallest absolute Gasteiger partial charge is 0.315 e. The highest BCUT2D eigenvalue weighted by Gasteiger charge is 2.12. The molecule has 0 radical (unpaired) electrons. The van der Waals surface area contributed by atoms with Crippen molar-refractivity contribution in [2.75, 3.05) is 11.9 Å². The number of carbonyl (C=O) groups excluding carboxylic acids is 2. The molecule has 7 nitrogen and oxygen atoms in total. The summed E-state index contributed by atoms with van der Waals surface area (Å²) in [6.45, 7) is 4.76. The van der Waals surface area contributed by atoms with Crippen molar-refractivity contribution in [3.8, 4) is 0 Å². The molecule has 1 aromatic carbocycles. The minimum atomic E-state index is -0.199. The van der Waals surface area contributed by atoms with Crippen molar-refractivity contribution in [3.63, 3.8) is 0 Å². The first kappa shape index (κ1) is 17.5. The lowest BCUT2D eigenvalue weighted by Gasteiger charge is -2.10. The average Bonchev–Trinajstić information content (AvgIpc) is 3.11. The number of nitrogens with one attached hydrogen (secondary N) is 3. The summed E-state index contributed by atoms with van der Waals surface area (Å²) < 4.78 is 1.88. The van der Waals surface area contributed by atoms with Crippen LogP contribution in [0.2, 0.25) is 0 Å². The van der Waals surface area contributed by atoms with E-state index in [2.05, 4.69) is 20.9 Å². The topological polar surface area (TPSA) is 87.5 Å². The van der Waals surface area contributed by atoms with Crippen LogP contribution in [0.15, 0.2) is 48.9 Å². The molecule has 2 aromatic heterocycles. The average molecular weight is 351 g/mol. The van der Waals surface area contributed by atoms with E-state index in [4.69, 9.17) is 0 Å². The van der Waals surface area contributed by atoms with Gasteiger partial charge in [-0.1, -0.05) is 12.1 Å². The number of aromatic nitrogens is 2. The third-order valence-corrected chi connectivity index (χ3v) is 4.09. The number of carbonyl (C=O) groups is 2. The zero-order valence-electron chi connectivity index (χ0n) is 14.7. The van der Waals surface area contributed by atoms with Gasteiger partial charge in [-0.3, -0.25) is 4.79 Å². The Morgan fingerprint density at radius 1 is 1.08 bits per heavy atom. The number of pyridine rings is 1. The number of nitrogens with zero attached hydrogens (tertiary/aromatic N) is 2. The fourth-order valence-corrected chi connectivity index (χ4v) is 2.68. The normalized spacial score (nSPS) is 10.5. The van der Waals surface area contributed by atoms with E-state index < -0.39 is 0 Å². The molecule has 2 heterocycles. The highest BCUT2D eigenvalue weighted by Crippen LogP contribution is 2.15. The van der Waals surface area contributed by atoms with Gasteiger partial charge in [0.25, 0.3) is 5.91 Å². The van der Waals surface area contributed by atoms with Crippen LogP contribution < -0.4 is 16.0 Å². The van der Waals surface area contributed by atoms with E-state index in [1.54, 1.807) is 18.6 Å². The molecule has 0 aliphatic rings. The van der Waals surface area contributed by atoms with Crippen LogP contribution >= 0.6 is 0 Å². The summed E-state index contributed by atoms with van der Waals surface area (Å²) in [5, 5.41) is 8.33. The van der Waals surface area contributed by atoms with Gasteiger partial charge in [-0.25, -0.2) is 9.78 Å². The number of anilines is 1. The number of imidazole rings is 1. The van der Waals surface area contributed by atoms with Crippen LogP contribution in [-0.4, -0.2) is 27.9 Å². The molecule has 0 fully saturated rings. The fourth-order valence-electron chi connectivity index (χ4n) is 2.68. The van der Waals surface area contributed by atoms with E-state index in [1.165, 1.54) is 0 Å². The van der Waals surface area contributed by atoms with Crippen molar-refractivity contribution < 1.29 is 9.59 Å². The van der Waals surface area contributed by atoms with Crippen LogP contribution in [0.4, 0.5) is 10.5 Å². The van der Waals surface area contributed by atoms with Crippen molar-refractivity contribution in [3.05, 3.63) is 65.7 Å². The first-order valence-corrected chi connectivity index (χ1v) is 8.42. The summed E-state index contributed by atoms with van der Waals surface area (Å²) in [4.78, 5) is 28.1. The Bertz CT molecular complexity index is 931. The van der Waals surface area contributed by atoms with Crippen molar-refractivity contribution in [2.45, 2.75) is 20.4 Å². The summed E-state index contributed by atoms with van der Waals surface area (Å²) in [5.74, 6) is -0.175. The first-order chi connectivity index (χ1) is 12.6. The van der Waals surface area contributed by atoms with E-state index >= 15 is 0 Å². The second kappa shape index (κ2) is 7.69. The summed E-state index contributed by atoms with van der Waals surface area (Å²) in [7, 11) is 0. The van der Waals surface area contributed by atoms with Gasteiger partial charge in [0.05, 0.1) is 23.6 Å². The van der Waals surface area contributed by atoms with Crippen molar-refractivity contribution >= 4 is 23.1 Å². The maximum atomic E-state index is 12.6. The van der Waals surface area contributed by atoms with E-state index in [9.17, 15) is 9.59 Å². The van der Waals surface area contributed by atoms with Gasteiger partial charge >= 0.3 is 6.03 Å². The Morgan fingerprint density at radius 3 is 2.58 bits per heavy atom. The maximum Gasteiger partial charge on any atom is 0.315 e. The minimum Gasteiger partial charge on any atom is -0.338 e. The van der Waals surface area contributed by atoms with Gasteiger partial charge in [-0.05, 0) is 43.7 Å². The summed E-state index contributed by atoms with van der Waals surface area (Å²) in [6.07, 6.45) is 3.44. The number of urea groups is 1. The molecule has 0 bridgehead atoms. The van der Waals surface area contributed by atoms with Crippen molar-refractivity contribution in [2.24, 2.45) is 0 Å². The van der Waals surface area contributed by atoms with Crippen LogP contribution in [0.1, 0.15) is 28.5 Å². The fraction of sp³-hybridized carbons (Fsp3) is 0.211. The Kier molecular flexibility index (Phi) is 5.17. The van der Waals surface area contributed by atoms with Gasteiger partial charge in [0.2, 0.25) is 0 Å². The van der Waals surface area contributed by atoms with Crippen molar-refractivity contribution in [1.29, 1.82) is 0 Å². The van der Waals surface area contributed by atoms with E-state index in [0.29, 0.717) is 24.3 Å². The standard InChI is InChI=1S/C19H21N5O2/c1-3-21-19(26)22-10-14-4-6-15(7-5-14)23-18(25)17-9-8-16-11-20-12-24(16)13(17)2/h4-9,11-12H,3,10H2,1-2H3,(H,23,25)(H2,21,22,26). The number of amides is 3. The minimum absolute atomic E-state index is 0.175. The number of benzene rings is 1. The molecule has 0 saturated heterocycles. The number of rotatable bonds is 5. The lowest BCUT2D eigenvalue weighted by molar-refractivity contribution is 0.102.